The van der Waals surface area contributed by atoms with Gasteiger partial charge in [0.15, 0.2) is 5.76 Å². The van der Waals surface area contributed by atoms with Gasteiger partial charge in [-0.25, -0.2) is 8.42 Å². The molecule has 8 nitrogen and oxygen atoms in total. The number of piperidine rings is 2. The van der Waals surface area contributed by atoms with E-state index in [1.165, 1.54) is 17.1 Å². The molecule has 2 saturated heterocycles. The van der Waals surface area contributed by atoms with Crippen molar-refractivity contribution in [2.45, 2.75) is 51.3 Å². The molecule has 2 aliphatic rings. The molecule has 158 valence electrons. The first-order valence-electron chi connectivity index (χ1n) is 10.2. The van der Waals surface area contributed by atoms with Gasteiger partial charge in [0.25, 0.3) is 0 Å². The number of aromatic nitrogens is 1. The minimum absolute atomic E-state index is 0.0414. The van der Waals surface area contributed by atoms with E-state index in [0.717, 1.165) is 25.6 Å². The van der Waals surface area contributed by atoms with Crippen molar-refractivity contribution in [3.63, 3.8) is 0 Å². The van der Waals surface area contributed by atoms with Crippen LogP contribution in [0.15, 0.2) is 9.42 Å². The SMILES string of the molecule is Cc1noc(C)c1S(=O)(=O)N1CCC(C(=O)NCCN2CCC(C)CC2)CC1. The Labute approximate surface area is 167 Å². The van der Waals surface area contributed by atoms with Crippen LogP contribution in [0, 0.1) is 25.7 Å². The number of amides is 1. The highest BCUT2D eigenvalue weighted by atomic mass is 32.2. The average Bonchev–Trinajstić information content (AvgIpc) is 3.02. The lowest BCUT2D eigenvalue weighted by atomic mass is 9.97. The zero-order valence-corrected chi connectivity index (χ0v) is 17.9. The van der Waals surface area contributed by atoms with Crippen molar-refractivity contribution >= 4 is 15.9 Å². The summed E-state index contributed by atoms with van der Waals surface area (Å²) in [7, 11) is -3.63. The monoisotopic (exact) mass is 412 g/mol. The highest BCUT2D eigenvalue weighted by molar-refractivity contribution is 7.89. The van der Waals surface area contributed by atoms with Crippen molar-refractivity contribution in [3.05, 3.63) is 11.5 Å². The first-order chi connectivity index (χ1) is 13.3. The van der Waals surface area contributed by atoms with E-state index in [2.05, 4.69) is 22.3 Å². The van der Waals surface area contributed by atoms with Gasteiger partial charge in [-0.05, 0) is 58.5 Å². The first-order valence-corrected chi connectivity index (χ1v) is 11.7. The molecule has 1 aromatic rings. The van der Waals surface area contributed by atoms with E-state index in [9.17, 15) is 13.2 Å². The van der Waals surface area contributed by atoms with E-state index in [-0.39, 0.29) is 16.7 Å². The van der Waals surface area contributed by atoms with Crippen LogP contribution in [0.3, 0.4) is 0 Å². The third-order valence-corrected chi connectivity index (χ3v) is 8.14. The second-order valence-electron chi connectivity index (χ2n) is 8.15. The zero-order valence-electron chi connectivity index (χ0n) is 17.1. The summed E-state index contributed by atoms with van der Waals surface area (Å²) in [6.45, 7) is 9.97. The van der Waals surface area contributed by atoms with Gasteiger partial charge in [-0.1, -0.05) is 12.1 Å². The van der Waals surface area contributed by atoms with E-state index < -0.39 is 10.0 Å². The lowest BCUT2D eigenvalue weighted by Crippen LogP contribution is -2.45. The van der Waals surface area contributed by atoms with Crippen LogP contribution >= 0.6 is 0 Å². The van der Waals surface area contributed by atoms with Crippen molar-refractivity contribution in [2.75, 3.05) is 39.3 Å². The molecular formula is C19H32N4O4S. The number of aryl methyl sites for hydroxylation is 2. The van der Waals surface area contributed by atoms with Crippen LogP contribution < -0.4 is 5.32 Å². The number of nitrogens with zero attached hydrogens (tertiary/aromatic N) is 3. The van der Waals surface area contributed by atoms with Gasteiger partial charge in [-0.3, -0.25) is 4.79 Å². The summed E-state index contributed by atoms with van der Waals surface area (Å²) in [4.78, 5) is 15.0. The molecule has 0 saturated carbocycles. The van der Waals surface area contributed by atoms with Crippen LogP contribution in [0.5, 0.6) is 0 Å². The Balaban J connectivity index is 1.45. The highest BCUT2D eigenvalue weighted by Gasteiger charge is 2.35. The number of rotatable bonds is 6. The smallest absolute Gasteiger partial charge is 0.248 e. The fourth-order valence-electron chi connectivity index (χ4n) is 4.10. The summed E-state index contributed by atoms with van der Waals surface area (Å²) in [6.07, 6.45) is 3.53. The Morgan fingerprint density at radius 2 is 1.79 bits per heavy atom. The molecule has 28 heavy (non-hydrogen) atoms. The predicted molar refractivity (Wildman–Crippen MR) is 105 cm³/mol. The number of carbonyl (C=O) groups excluding carboxylic acids is 1. The third-order valence-electron chi connectivity index (χ3n) is 5.99. The molecule has 2 fully saturated rings. The maximum atomic E-state index is 12.9. The van der Waals surface area contributed by atoms with Crippen LogP contribution in [0.1, 0.15) is 44.1 Å². The molecule has 0 unspecified atom stereocenters. The zero-order chi connectivity index (χ0) is 20.3. The summed E-state index contributed by atoms with van der Waals surface area (Å²) < 4.78 is 32.2. The standard InChI is InChI=1S/C19H32N4O4S/c1-14-4-9-22(10-5-14)13-8-20-19(24)17-6-11-23(12-7-17)28(25,26)18-15(2)21-27-16(18)3/h14,17H,4-13H2,1-3H3,(H,20,24). The quantitative estimate of drug-likeness (QED) is 0.761. The summed E-state index contributed by atoms with van der Waals surface area (Å²) in [5.41, 5.74) is 0.379. The van der Waals surface area contributed by atoms with Gasteiger partial charge >= 0.3 is 0 Å². The molecule has 2 aliphatic heterocycles. The normalized spacial score (nSPS) is 21.1. The molecule has 3 rings (SSSR count). The van der Waals surface area contributed by atoms with Crippen molar-refractivity contribution in [1.82, 2.24) is 19.7 Å². The van der Waals surface area contributed by atoms with Crippen molar-refractivity contribution in [3.8, 4) is 0 Å². The molecule has 9 heteroatoms. The summed E-state index contributed by atoms with van der Waals surface area (Å²) >= 11 is 0. The van der Waals surface area contributed by atoms with Crippen LogP contribution in [-0.4, -0.2) is 68.0 Å². The second kappa shape index (κ2) is 8.92. The number of likely N-dealkylation sites (tertiary alicyclic amines) is 1. The van der Waals surface area contributed by atoms with E-state index in [1.807, 2.05) is 0 Å². The molecule has 1 amide bonds. The summed E-state index contributed by atoms with van der Waals surface area (Å²) in [6, 6.07) is 0. The summed E-state index contributed by atoms with van der Waals surface area (Å²) in [5.74, 6) is 1.03. The van der Waals surface area contributed by atoms with Gasteiger partial charge in [0.1, 0.15) is 10.6 Å². The minimum Gasteiger partial charge on any atom is -0.360 e. The Bertz CT molecular complexity index is 756. The van der Waals surface area contributed by atoms with Crippen molar-refractivity contribution in [1.29, 1.82) is 0 Å². The Hall–Kier alpha value is -1.45. The molecule has 1 N–H and O–H groups in total. The molecule has 0 aromatic carbocycles. The maximum absolute atomic E-state index is 12.9. The van der Waals surface area contributed by atoms with Gasteiger partial charge in [0, 0.05) is 32.1 Å². The molecule has 3 heterocycles. The molecule has 0 bridgehead atoms. The Morgan fingerprint density at radius 1 is 1.14 bits per heavy atom. The van der Waals surface area contributed by atoms with Gasteiger partial charge < -0.3 is 14.7 Å². The van der Waals surface area contributed by atoms with Crippen LogP contribution in [-0.2, 0) is 14.8 Å². The molecule has 0 atom stereocenters. The predicted octanol–water partition coefficient (Wildman–Crippen LogP) is 1.54. The van der Waals surface area contributed by atoms with Crippen LogP contribution in [0.4, 0.5) is 0 Å². The maximum Gasteiger partial charge on any atom is 0.248 e. The highest BCUT2D eigenvalue weighted by Crippen LogP contribution is 2.27. The molecule has 0 spiro atoms. The first kappa shape index (κ1) is 21.3. The van der Waals surface area contributed by atoms with Gasteiger partial charge in [-0.2, -0.15) is 4.31 Å². The number of carbonyl (C=O) groups is 1. The largest absolute Gasteiger partial charge is 0.360 e. The third kappa shape index (κ3) is 4.75. The number of hydrogen-bond donors (Lipinski definition) is 1. The van der Waals surface area contributed by atoms with Gasteiger partial charge in [-0.15, -0.1) is 0 Å². The lowest BCUT2D eigenvalue weighted by Gasteiger charge is -2.31. The number of nitrogens with one attached hydrogen (secondary N) is 1. The topological polar surface area (TPSA) is 95.8 Å². The summed E-state index contributed by atoms with van der Waals surface area (Å²) in [5, 5.41) is 6.78. The molecule has 0 aliphatic carbocycles. The number of hydrogen-bond acceptors (Lipinski definition) is 6. The van der Waals surface area contributed by atoms with Crippen molar-refractivity contribution in [2.24, 2.45) is 11.8 Å². The van der Waals surface area contributed by atoms with Gasteiger partial charge in [0.05, 0.1) is 0 Å². The van der Waals surface area contributed by atoms with E-state index >= 15 is 0 Å². The minimum atomic E-state index is -3.63. The Morgan fingerprint density at radius 3 is 2.36 bits per heavy atom. The van der Waals surface area contributed by atoms with E-state index in [0.29, 0.717) is 43.9 Å². The van der Waals surface area contributed by atoms with E-state index in [1.54, 1.807) is 13.8 Å². The lowest BCUT2D eigenvalue weighted by molar-refractivity contribution is -0.126. The second-order valence-corrected chi connectivity index (χ2v) is 10.0. The van der Waals surface area contributed by atoms with Crippen LogP contribution in [0.2, 0.25) is 0 Å². The number of sulfonamides is 1. The molecular weight excluding hydrogens is 380 g/mol. The Kier molecular flexibility index (Phi) is 6.77. The molecule has 0 radical (unpaired) electrons. The fraction of sp³-hybridized carbons (Fsp3) is 0.789. The van der Waals surface area contributed by atoms with Crippen molar-refractivity contribution < 1.29 is 17.7 Å². The van der Waals surface area contributed by atoms with E-state index in [4.69, 9.17) is 4.52 Å². The van der Waals surface area contributed by atoms with Gasteiger partial charge in [0.2, 0.25) is 15.9 Å². The molecule has 1 aromatic heterocycles. The average molecular weight is 413 g/mol. The van der Waals surface area contributed by atoms with Crippen LogP contribution in [0.25, 0.3) is 0 Å². The fourth-order valence-corrected chi connectivity index (χ4v) is 5.86.